The van der Waals surface area contributed by atoms with Crippen LogP contribution in [0.25, 0.3) is 0 Å². The monoisotopic (exact) mass is 228 g/mol. The van der Waals surface area contributed by atoms with Crippen molar-refractivity contribution in [1.29, 1.82) is 0 Å². The molecule has 0 amide bonds. The maximum absolute atomic E-state index is 5.18. The SMILES string of the molecule is CCC(C)C1CNCCN1C(C)CCOC. The first-order chi connectivity index (χ1) is 7.70. The van der Waals surface area contributed by atoms with E-state index in [1.54, 1.807) is 7.11 Å². The highest BCUT2D eigenvalue weighted by atomic mass is 16.5. The molecule has 3 heteroatoms. The zero-order valence-corrected chi connectivity index (χ0v) is 11.3. The van der Waals surface area contributed by atoms with E-state index in [0.29, 0.717) is 12.1 Å². The van der Waals surface area contributed by atoms with Crippen LogP contribution in [-0.2, 0) is 4.74 Å². The Hall–Kier alpha value is -0.120. The van der Waals surface area contributed by atoms with Gasteiger partial charge in [0.2, 0.25) is 0 Å². The van der Waals surface area contributed by atoms with E-state index in [0.717, 1.165) is 32.0 Å². The van der Waals surface area contributed by atoms with Crippen molar-refractivity contribution < 1.29 is 4.74 Å². The van der Waals surface area contributed by atoms with E-state index in [2.05, 4.69) is 31.0 Å². The number of nitrogens with one attached hydrogen (secondary N) is 1. The maximum atomic E-state index is 5.18. The van der Waals surface area contributed by atoms with Crippen molar-refractivity contribution in [3.05, 3.63) is 0 Å². The van der Waals surface area contributed by atoms with Crippen LogP contribution in [-0.4, -0.2) is 50.3 Å². The van der Waals surface area contributed by atoms with Crippen molar-refractivity contribution in [3.8, 4) is 0 Å². The molecule has 0 radical (unpaired) electrons. The normalized spacial score (nSPS) is 26.6. The first-order valence-electron chi connectivity index (χ1n) is 6.66. The zero-order valence-electron chi connectivity index (χ0n) is 11.3. The molecule has 1 aliphatic heterocycles. The molecule has 0 saturated carbocycles. The average molecular weight is 228 g/mol. The standard InChI is InChI=1S/C13H28N2O/c1-5-11(2)13-10-14-7-8-15(13)12(3)6-9-16-4/h11-14H,5-10H2,1-4H3. The van der Waals surface area contributed by atoms with E-state index in [1.807, 2.05) is 0 Å². The number of piperazine rings is 1. The molecule has 3 unspecified atom stereocenters. The minimum atomic E-state index is 0.640. The lowest BCUT2D eigenvalue weighted by Gasteiger charge is -2.43. The van der Waals surface area contributed by atoms with Gasteiger partial charge in [0, 0.05) is 45.4 Å². The molecule has 1 rings (SSSR count). The van der Waals surface area contributed by atoms with Gasteiger partial charge in [-0.3, -0.25) is 4.90 Å². The summed E-state index contributed by atoms with van der Waals surface area (Å²) in [6.45, 7) is 11.3. The van der Waals surface area contributed by atoms with Crippen molar-refractivity contribution in [3.63, 3.8) is 0 Å². The number of hydrogen-bond donors (Lipinski definition) is 1. The molecule has 1 saturated heterocycles. The Morgan fingerprint density at radius 3 is 2.81 bits per heavy atom. The Kier molecular flexibility index (Phi) is 6.32. The average Bonchev–Trinajstić information content (AvgIpc) is 2.35. The molecule has 96 valence electrons. The number of nitrogens with zero attached hydrogens (tertiary/aromatic N) is 1. The zero-order chi connectivity index (χ0) is 12.0. The fraction of sp³-hybridized carbons (Fsp3) is 1.00. The van der Waals surface area contributed by atoms with Crippen molar-refractivity contribution in [2.75, 3.05) is 33.4 Å². The molecular formula is C13H28N2O. The molecule has 0 aliphatic carbocycles. The van der Waals surface area contributed by atoms with Gasteiger partial charge < -0.3 is 10.1 Å². The summed E-state index contributed by atoms with van der Waals surface area (Å²) in [7, 11) is 1.79. The van der Waals surface area contributed by atoms with E-state index in [1.165, 1.54) is 13.0 Å². The second-order valence-electron chi connectivity index (χ2n) is 5.03. The Bertz CT molecular complexity index is 187. The van der Waals surface area contributed by atoms with Crippen LogP contribution in [0.15, 0.2) is 0 Å². The van der Waals surface area contributed by atoms with Gasteiger partial charge in [0.15, 0.2) is 0 Å². The lowest BCUT2D eigenvalue weighted by Crippen LogP contribution is -2.57. The van der Waals surface area contributed by atoms with Crippen LogP contribution >= 0.6 is 0 Å². The van der Waals surface area contributed by atoms with Crippen LogP contribution in [0.2, 0.25) is 0 Å². The van der Waals surface area contributed by atoms with Crippen LogP contribution in [0.5, 0.6) is 0 Å². The van der Waals surface area contributed by atoms with Gasteiger partial charge in [0.05, 0.1) is 0 Å². The molecule has 0 aromatic rings. The third-order valence-corrected chi connectivity index (χ3v) is 3.93. The Labute approximate surface area is 101 Å². The number of rotatable bonds is 6. The van der Waals surface area contributed by atoms with Gasteiger partial charge in [-0.25, -0.2) is 0 Å². The third kappa shape index (κ3) is 3.72. The predicted octanol–water partition coefficient (Wildman–Crippen LogP) is 1.73. The van der Waals surface area contributed by atoms with Crippen molar-refractivity contribution in [2.45, 2.75) is 45.7 Å². The number of methoxy groups -OCH3 is 1. The number of ether oxygens (including phenoxy) is 1. The van der Waals surface area contributed by atoms with E-state index in [4.69, 9.17) is 4.74 Å². The third-order valence-electron chi connectivity index (χ3n) is 3.93. The molecule has 0 bridgehead atoms. The highest BCUT2D eigenvalue weighted by Gasteiger charge is 2.29. The second-order valence-corrected chi connectivity index (χ2v) is 5.03. The Balaban J connectivity index is 2.51. The molecule has 0 aromatic heterocycles. The van der Waals surface area contributed by atoms with Gasteiger partial charge in [-0.15, -0.1) is 0 Å². The Morgan fingerprint density at radius 2 is 2.19 bits per heavy atom. The molecule has 1 N–H and O–H groups in total. The fourth-order valence-electron chi connectivity index (χ4n) is 2.54. The summed E-state index contributed by atoms with van der Waals surface area (Å²) >= 11 is 0. The minimum Gasteiger partial charge on any atom is -0.385 e. The summed E-state index contributed by atoms with van der Waals surface area (Å²) in [6, 6.07) is 1.34. The molecule has 1 fully saturated rings. The van der Waals surface area contributed by atoms with Crippen LogP contribution in [0.1, 0.15) is 33.6 Å². The van der Waals surface area contributed by atoms with E-state index < -0.39 is 0 Å². The van der Waals surface area contributed by atoms with Crippen molar-refractivity contribution in [2.24, 2.45) is 5.92 Å². The summed E-state index contributed by atoms with van der Waals surface area (Å²) < 4.78 is 5.18. The highest BCUT2D eigenvalue weighted by Crippen LogP contribution is 2.20. The minimum absolute atomic E-state index is 0.640. The Morgan fingerprint density at radius 1 is 1.44 bits per heavy atom. The van der Waals surface area contributed by atoms with Gasteiger partial charge in [-0.2, -0.15) is 0 Å². The van der Waals surface area contributed by atoms with E-state index in [-0.39, 0.29) is 0 Å². The lowest BCUT2D eigenvalue weighted by molar-refractivity contribution is 0.0595. The predicted molar refractivity (Wildman–Crippen MR) is 68.8 cm³/mol. The van der Waals surface area contributed by atoms with Crippen molar-refractivity contribution in [1.82, 2.24) is 10.2 Å². The summed E-state index contributed by atoms with van der Waals surface area (Å²) in [6.07, 6.45) is 2.41. The lowest BCUT2D eigenvalue weighted by atomic mass is 9.94. The molecule has 0 aromatic carbocycles. The summed E-state index contributed by atoms with van der Waals surface area (Å²) in [5.74, 6) is 0.776. The summed E-state index contributed by atoms with van der Waals surface area (Å²) in [4.78, 5) is 2.67. The van der Waals surface area contributed by atoms with E-state index in [9.17, 15) is 0 Å². The van der Waals surface area contributed by atoms with Gasteiger partial charge in [0.1, 0.15) is 0 Å². The van der Waals surface area contributed by atoms with Crippen LogP contribution < -0.4 is 5.32 Å². The van der Waals surface area contributed by atoms with Gasteiger partial charge in [0.25, 0.3) is 0 Å². The van der Waals surface area contributed by atoms with Gasteiger partial charge in [-0.1, -0.05) is 20.3 Å². The molecular weight excluding hydrogens is 200 g/mol. The second kappa shape index (κ2) is 7.25. The van der Waals surface area contributed by atoms with Gasteiger partial charge >= 0.3 is 0 Å². The van der Waals surface area contributed by atoms with Crippen LogP contribution in [0, 0.1) is 5.92 Å². The molecule has 3 nitrogen and oxygen atoms in total. The molecule has 1 aliphatic rings. The smallest absolute Gasteiger partial charge is 0.0477 e. The largest absolute Gasteiger partial charge is 0.385 e. The van der Waals surface area contributed by atoms with Crippen LogP contribution in [0.3, 0.4) is 0 Å². The van der Waals surface area contributed by atoms with Crippen LogP contribution in [0.4, 0.5) is 0 Å². The topological polar surface area (TPSA) is 24.5 Å². The fourth-order valence-corrected chi connectivity index (χ4v) is 2.54. The summed E-state index contributed by atoms with van der Waals surface area (Å²) in [5.41, 5.74) is 0. The highest BCUT2D eigenvalue weighted by molar-refractivity contribution is 4.86. The molecule has 1 heterocycles. The molecule has 3 atom stereocenters. The molecule has 0 spiro atoms. The first-order valence-corrected chi connectivity index (χ1v) is 6.66. The summed E-state index contributed by atoms with van der Waals surface area (Å²) in [5, 5.41) is 3.52. The van der Waals surface area contributed by atoms with Gasteiger partial charge in [-0.05, 0) is 19.3 Å². The molecule has 16 heavy (non-hydrogen) atoms. The van der Waals surface area contributed by atoms with E-state index >= 15 is 0 Å². The maximum Gasteiger partial charge on any atom is 0.0477 e. The number of hydrogen-bond acceptors (Lipinski definition) is 3. The quantitative estimate of drug-likeness (QED) is 0.749. The van der Waals surface area contributed by atoms with Crippen molar-refractivity contribution >= 4 is 0 Å². The first kappa shape index (κ1) is 13.9.